The lowest BCUT2D eigenvalue weighted by Gasteiger charge is -2.28. The van der Waals surface area contributed by atoms with E-state index in [0.29, 0.717) is 19.0 Å². The largest absolute Gasteiger partial charge is 0.0937 e. The van der Waals surface area contributed by atoms with Crippen LogP contribution in [-0.4, -0.2) is 13.1 Å². The first kappa shape index (κ1) is 11.7. The molecule has 0 saturated heterocycles. The van der Waals surface area contributed by atoms with Gasteiger partial charge in [0.2, 0.25) is 0 Å². The highest BCUT2D eigenvalue weighted by Crippen LogP contribution is 2.30. The zero-order valence-electron chi connectivity index (χ0n) is 8.79. The summed E-state index contributed by atoms with van der Waals surface area (Å²) >= 11 is 0. The van der Waals surface area contributed by atoms with Gasteiger partial charge in [-0.2, -0.15) is 0 Å². The fraction of sp³-hybridized carbons (Fsp3) is 1.00. The molecule has 1 saturated carbocycles. The predicted molar refractivity (Wildman–Crippen MR) is 58.1 cm³/mol. The normalized spacial score (nSPS) is 18.7. The van der Waals surface area contributed by atoms with Crippen LogP contribution in [0.3, 0.4) is 0 Å². The van der Waals surface area contributed by atoms with Crippen LogP contribution in [0, 0.1) is 11.8 Å². The van der Waals surface area contributed by atoms with Crippen LogP contribution in [0.2, 0.25) is 0 Å². The monoisotopic (exact) mass is 208 g/mol. The third kappa shape index (κ3) is 4.11. The molecule has 15 heavy (non-hydrogen) atoms. The predicted octanol–water partition coefficient (Wildman–Crippen LogP) is 3.80. The number of hydrogen-bond acceptors (Lipinski definition) is 2. The fourth-order valence-corrected chi connectivity index (χ4v) is 2.24. The van der Waals surface area contributed by atoms with E-state index in [0.717, 1.165) is 0 Å². The Bertz CT molecular complexity index is 250. The van der Waals surface area contributed by atoms with E-state index in [1.165, 1.54) is 32.1 Å². The summed E-state index contributed by atoms with van der Waals surface area (Å²) in [6, 6.07) is 0. The molecule has 1 aliphatic rings. The maximum absolute atomic E-state index is 8.29. The molecule has 0 aromatic heterocycles. The minimum atomic E-state index is 0.233. The van der Waals surface area contributed by atoms with E-state index in [9.17, 15) is 0 Å². The van der Waals surface area contributed by atoms with E-state index in [1.54, 1.807) is 0 Å². The molecule has 6 heteroatoms. The summed E-state index contributed by atoms with van der Waals surface area (Å²) in [5, 5.41) is 7.19. The van der Waals surface area contributed by atoms with E-state index in [2.05, 4.69) is 20.1 Å². The van der Waals surface area contributed by atoms with Gasteiger partial charge in [-0.15, -0.1) is 0 Å². The quantitative estimate of drug-likeness (QED) is 0.373. The van der Waals surface area contributed by atoms with Gasteiger partial charge >= 0.3 is 0 Å². The first-order valence-corrected chi connectivity index (χ1v) is 5.40. The van der Waals surface area contributed by atoms with Crippen LogP contribution < -0.4 is 0 Å². The molecule has 0 heterocycles. The molecule has 0 amide bonds. The Kier molecular flexibility index (Phi) is 5.44. The molecule has 6 nitrogen and oxygen atoms in total. The van der Waals surface area contributed by atoms with Gasteiger partial charge in [0.05, 0.1) is 0 Å². The van der Waals surface area contributed by atoms with Crippen molar-refractivity contribution in [3.8, 4) is 0 Å². The fourth-order valence-electron chi connectivity index (χ4n) is 2.24. The first-order chi connectivity index (χ1) is 7.38. The molecule has 0 spiro atoms. The minimum Gasteiger partial charge on any atom is -0.0937 e. The Labute approximate surface area is 88.9 Å². The van der Waals surface area contributed by atoms with Crippen molar-refractivity contribution < 1.29 is 0 Å². The van der Waals surface area contributed by atoms with Gasteiger partial charge in [-0.1, -0.05) is 42.3 Å². The molecule has 0 N–H and O–H groups in total. The molecule has 82 valence electrons. The highest BCUT2D eigenvalue weighted by atomic mass is 15.1. The maximum atomic E-state index is 8.29. The van der Waals surface area contributed by atoms with Crippen LogP contribution in [0.4, 0.5) is 0 Å². The summed E-state index contributed by atoms with van der Waals surface area (Å²) in [7, 11) is 0. The summed E-state index contributed by atoms with van der Waals surface area (Å²) in [6.07, 6.45) is 6.13. The third-order valence-corrected chi connectivity index (χ3v) is 3.08. The van der Waals surface area contributed by atoms with Gasteiger partial charge in [-0.05, 0) is 22.9 Å². The van der Waals surface area contributed by atoms with Crippen LogP contribution in [0.1, 0.15) is 32.1 Å². The number of azide groups is 2. The summed E-state index contributed by atoms with van der Waals surface area (Å²) < 4.78 is 0. The maximum Gasteiger partial charge on any atom is 0.0290 e. The summed E-state index contributed by atoms with van der Waals surface area (Å²) in [6.45, 7) is 0.917. The van der Waals surface area contributed by atoms with E-state index in [1.807, 2.05) is 0 Å². The second-order valence-corrected chi connectivity index (χ2v) is 3.99. The summed E-state index contributed by atoms with van der Waals surface area (Å²) in [4.78, 5) is 5.54. The molecule has 0 unspecified atom stereocenters. The molecule has 0 atom stereocenters. The van der Waals surface area contributed by atoms with Crippen LogP contribution in [0.15, 0.2) is 10.2 Å². The lowest BCUT2D eigenvalue weighted by molar-refractivity contribution is 0.258. The molecule has 0 radical (unpaired) electrons. The zero-order chi connectivity index (χ0) is 10.9. The number of hydrogen-bond donors (Lipinski definition) is 0. The minimum absolute atomic E-state index is 0.233. The Hall–Kier alpha value is -1.38. The molecule has 0 aliphatic heterocycles. The lowest BCUT2D eigenvalue weighted by atomic mass is 9.80. The van der Waals surface area contributed by atoms with Crippen molar-refractivity contribution in [2.45, 2.75) is 32.1 Å². The molecule has 0 aromatic carbocycles. The average molecular weight is 208 g/mol. The smallest absolute Gasteiger partial charge is 0.0290 e. The Morgan fingerprint density at radius 3 is 2.00 bits per heavy atom. The molecule has 0 aromatic rings. The van der Waals surface area contributed by atoms with Crippen molar-refractivity contribution in [3.63, 3.8) is 0 Å². The van der Waals surface area contributed by atoms with Crippen molar-refractivity contribution in [1.29, 1.82) is 0 Å². The standard InChI is InChI=1S/C9H16N6/c10-14-12-6-9(7-13-15-11)8-4-2-1-3-5-8/h8-9H,1-7H2. The van der Waals surface area contributed by atoms with Gasteiger partial charge in [0.1, 0.15) is 0 Å². The van der Waals surface area contributed by atoms with Gasteiger partial charge in [-0.25, -0.2) is 0 Å². The van der Waals surface area contributed by atoms with Gasteiger partial charge in [0.25, 0.3) is 0 Å². The highest BCUT2D eigenvalue weighted by Gasteiger charge is 2.22. The lowest BCUT2D eigenvalue weighted by Crippen LogP contribution is -2.22. The number of nitrogens with zero attached hydrogens (tertiary/aromatic N) is 6. The Balaban J connectivity index is 2.51. The average Bonchev–Trinajstić information content (AvgIpc) is 2.30. The highest BCUT2D eigenvalue weighted by molar-refractivity contribution is 4.77. The van der Waals surface area contributed by atoms with Crippen LogP contribution in [-0.2, 0) is 0 Å². The number of rotatable bonds is 5. The van der Waals surface area contributed by atoms with Gasteiger partial charge in [-0.3, -0.25) is 0 Å². The Morgan fingerprint density at radius 1 is 1.00 bits per heavy atom. The van der Waals surface area contributed by atoms with E-state index < -0.39 is 0 Å². The third-order valence-electron chi connectivity index (χ3n) is 3.08. The van der Waals surface area contributed by atoms with Crippen LogP contribution in [0.5, 0.6) is 0 Å². The molecule has 1 fully saturated rings. The SMILES string of the molecule is [N-]=[N+]=NCC(CN=[N+]=[N-])C1CCCCC1. The van der Waals surface area contributed by atoms with E-state index in [4.69, 9.17) is 11.1 Å². The van der Waals surface area contributed by atoms with Crippen LogP contribution >= 0.6 is 0 Å². The summed E-state index contributed by atoms with van der Waals surface area (Å²) in [5.41, 5.74) is 16.6. The molecule has 1 rings (SSSR count). The van der Waals surface area contributed by atoms with Gasteiger partial charge in [0.15, 0.2) is 0 Å². The first-order valence-electron chi connectivity index (χ1n) is 5.40. The van der Waals surface area contributed by atoms with E-state index >= 15 is 0 Å². The van der Waals surface area contributed by atoms with E-state index in [-0.39, 0.29) is 5.92 Å². The topological polar surface area (TPSA) is 97.5 Å². The second kappa shape index (κ2) is 6.98. The van der Waals surface area contributed by atoms with Crippen molar-refractivity contribution >= 4 is 0 Å². The van der Waals surface area contributed by atoms with Gasteiger partial charge < -0.3 is 0 Å². The second-order valence-electron chi connectivity index (χ2n) is 3.99. The zero-order valence-corrected chi connectivity index (χ0v) is 8.79. The van der Waals surface area contributed by atoms with Crippen molar-refractivity contribution in [1.82, 2.24) is 0 Å². The Morgan fingerprint density at radius 2 is 1.53 bits per heavy atom. The molecule has 0 bridgehead atoms. The van der Waals surface area contributed by atoms with Crippen molar-refractivity contribution in [2.75, 3.05) is 13.1 Å². The van der Waals surface area contributed by atoms with Crippen LogP contribution in [0.25, 0.3) is 20.9 Å². The summed E-state index contributed by atoms with van der Waals surface area (Å²) in [5.74, 6) is 0.798. The van der Waals surface area contributed by atoms with Crippen molar-refractivity contribution in [2.24, 2.45) is 22.1 Å². The molecular formula is C9H16N6. The van der Waals surface area contributed by atoms with Gasteiger partial charge in [0, 0.05) is 22.9 Å². The molecule has 1 aliphatic carbocycles. The molecular weight excluding hydrogens is 192 g/mol. The van der Waals surface area contributed by atoms with Crippen molar-refractivity contribution in [3.05, 3.63) is 20.9 Å².